The quantitative estimate of drug-likeness (QED) is 0.869. The van der Waals surface area contributed by atoms with Crippen molar-refractivity contribution < 1.29 is 9.53 Å². The van der Waals surface area contributed by atoms with E-state index in [1.54, 1.807) is 11.3 Å². The molecule has 1 aromatic heterocycles. The standard InChI is InChI=1S/C15H18N2O2S/c1-3-17-13-11(19-4-2)6-5-7-12(13)20-15(17)16-14(18)10-8-9-10/h5-7,10H,3-4,8-9H2,1-2H3. The molecule has 1 aromatic carbocycles. The van der Waals surface area contributed by atoms with Crippen molar-refractivity contribution in [2.24, 2.45) is 10.9 Å². The molecule has 1 aliphatic carbocycles. The Kier molecular flexibility index (Phi) is 3.61. The fourth-order valence-corrected chi connectivity index (χ4v) is 3.38. The number of thiazole rings is 1. The van der Waals surface area contributed by atoms with Gasteiger partial charge in [0.15, 0.2) is 4.80 Å². The van der Waals surface area contributed by atoms with Gasteiger partial charge in [0.25, 0.3) is 5.91 Å². The number of aromatic nitrogens is 1. The van der Waals surface area contributed by atoms with Crippen LogP contribution in [0.25, 0.3) is 10.2 Å². The molecule has 5 heteroatoms. The number of fused-ring (bicyclic) bond motifs is 1. The van der Waals surface area contributed by atoms with Crippen molar-refractivity contribution in [3.8, 4) is 5.75 Å². The first-order chi connectivity index (χ1) is 9.74. The molecule has 0 atom stereocenters. The van der Waals surface area contributed by atoms with Crippen LogP contribution in [-0.4, -0.2) is 17.1 Å². The first kappa shape index (κ1) is 13.4. The molecule has 20 heavy (non-hydrogen) atoms. The highest BCUT2D eigenvalue weighted by Crippen LogP contribution is 2.31. The minimum absolute atomic E-state index is 0.0247. The van der Waals surface area contributed by atoms with Gasteiger partial charge in [0.05, 0.1) is 11.3 Å². The van der Waals surface area contributed by atoms with E-state index in [0.717, 1.165) is 40.2 Å². The van der Waals surface area contributed by atoms with Gasteiger partial charge in [0.1, 0.15) is 11.3 Å². The Balaban J connectivity index is 2.18. The molecule has 0 spiro atoms. The van der Waals surface area contributed by atoms with E-state index in [2.05, 4.69) is 22.5 Å². The molecule has 0 N–H and O–H groups in total. The zero-order chi connectivity index (χ0) is 14.1. The third-order valence-corrected chi connectivity index (χ3v) is 4.46. The maximum atomic E-state index is 11.9. The first-order valence-corrected chi connectivity index (χ1v) is 7.90. The highest BCUT2D eigenvalue weighted by Gasteiger charge is 2.29. The van der Waals surface area contributed by atoms with Crippen molar-refractivity contribution in [1.29, 1.82) is 0 Å². The Morgan fingerprint density at radius 1 is 1.45 bits per heavy atom. The highest BCUT2D eigenvalue weighted by atomic mass is 32.1. The molecule has 0 radical (unpaired) electrons. The van der Waals surface area contributed by atoms with Gasteiger partial charge in [-0.15, -0.1) is 0 Å². The Morgan fingerprint density at radius 3 is 2.90 bits per heavy atom. The second kappa shape index (κ2) is 5.40. The van der Waals surface area contributed by atoms with Gasteiger partial charge in [-0.2, -0.15) is 4.99 Å². The highest BCUT2D eigenvalue weighted by molar-refractivity contribution is 7.16. The van der Waals surface area contributed by atoms with Crippen LogP contribution in [0.2, 0.25) is 0 Å². The molecule has 0 bridgehead atoms. The van der Waals surface area contributed by atoms with E-state index in [4.69, 9.17) is 4.74 Å². The SMILES string of the molecule is CCOc1cccc2sc(=NC(=O)C3CC3)n(CC)c12. The molecule has 4 nitrogen and oxygen atoms in total. The molecule has 1 fully saturated rings. The van der Waals surface area contributed by atoms with E-state index in [-0.39, 0.29) is 11.8 Å². The summed E-state index contributed by atoms with van der Waals surface area (Å²) in [6, 6.07) is 6.00. The zero-order valence-corrected chi connectivity index (χ0v) is 12.6. The van der Waals surface area contributed by atoms with Crippen molar-refractivity contribution in [3.63, 3.8) is 0 Å². The number of rotatable bonds is 4. The zero-order valence-electron chi connectivity index (χ0n) is 11.8. The Bertz CT molecular complexity index is 710. The van der Waals surface area contributed by atoms with E-state index < -0.39 is 0 Å². The number of carbonyl (C=O) groups excluding carboxylic acids is 1. The lowest BCUT2D eigenvalue weighted by Crippen LogP contribution is -2.16. The molecule has 0 saturated heterocycles. The Hall–Kier alpha value is -1.62. The van der Waals surface area contributed by atoms with Gasteiger partial charge in [-0.25, -0.2) is 0 Å². The summed E-state index contributed by atoms with van der Waals surface area (Å²) < 4.78 is 8.88. The average Bonchev–Trinajstić information content (AvgIpc) is 3.22. The summed E-state index contributed by atoms with van der Waals surface area (Å²) in [5, 5.41) is 0. The van der Waals surface area contributed by atoms with Crippen LogP contribution in [0.4, 0.5) is 0 Å². The Labute approximate surface area is 121 Å². The Morgan fingerprint density at radius 2 is 2.25 bits per heavy atom. The van der Waals surface area contributed by atoms with Crippen LogP contribution in [0.5, 0.6) is 5.75 Å². The van der Waals surface area contributed by atoms with Gasteiger partial charge in [0.2, 0.25) is 0 Å². The predicted octanol–water partition coefficient (Wildman–Crippen LogP) is 2.96. The number of nitrogens with zero attached hydrogens (tertiary/aromatic N) is 2. The van der Waals surface area contributed by atoms with Crippen LogP contribution in [0.1, 0.15) is 26.7 Å². The van der Waals surface area contributed by atoms with Gasteiger partial charge < -0.3 is 9.30 Å². The smallest absolute Gasteiger partial charge is 0.251 e. The molecule has 2 aromatic rings. The summed E-state index contributed by atoms with van der Waals surface area (Å²) in [6.45, 7) is 5.45. The van der Waals surface area contributed by atoms with Crippen molar-refractivity contribution >= 4 is 27.5 Å². The molecular formula is C15H18N2O2S. The number of amides is 1. The maximum Gasteiger partial charge on any atom is 0.251 e. The van der Waals surface area contributed by atoms with E-state index >= 15 is 0 Å². The van der Waals surface area contributed by atoms with Crippen LogP contribution >= 0.6 is 11.3 Å². The molecule has 1 heterocycles. The second-order valence-electron chi connectivity index (χ2n) is 4.89. The summed E-state index contributed by atoms with van der Waals surface area (Å²) in [5.41, 5.74) is 1.05. The fraction of sp³-hybridized carbons (Fsp3) is 0.467. The molecule has 1 aliphatic rings. The number of aryl methyl sites for hydroxylation is 1. The van der Waals surface area contributed by atoms with E-state index in [1.165, 1.54) is 0 Å². The van der Waals surface area contributed by atoms with Gasteiger partial charge >= 0.3 is 0 Å². The number of carbonyl (C=O) groups is 1. The lowest BCUT2D eigenvalue weighted by molar-refractivity contribution is -0.119. The molecule has 0 unspecified atom stereocenters. The van der Waals surface area contributed by atoms with Gasteiger partial charge in [-0.3, -0.25) is 4.79 Å². The summed E-state index contributed by atoms with van der Waals surface area (Å²) in [4.78, 5) is 17.0. The van der Waals surface area contributed by atoms with Gasteiger partial charge in [-0.05, 0) is 38.8 Å². The van der Waals surface area contributed by atoms with Crippen LogP contribution in [0.15, 0.2) is 23.2 Å². The molecule has 1 amide bonds. The minimum Gasteiger partial charge on any atom is -0.492 e. The van der Waals surface area contributed by atoms with Gasteiger partial charge in [0, 0.05) is 12.5 Å². The second-order valence-corrected chi connectivity index (χ2v) is 5.90. The summed E-state index contributed by atoms with van der Waals surface area (Å²) in [6.07, 6.45) is 1.98. The summed E-state index contributed by atoms with van der Waals surface area (Å²) in [7, 11) is 0. The van der Waals surface area contributed by atoms with Crippen LogP contribution < -0.4 is 9.54 Å². The van der Waals surface area contributed by atoms with Gasteiger partial charge in [-0.1, -0.05) is 17.4 Å². The van der Waals surface area contributed by atoms with Crippen molar-refractivity contribution in [2.75, 3.05) is 6.61 Å². The third-order valence-electron chi connectivity index (χ3n) is 3.41. The number of hydrogen-bond acceptors (Lipinski definition) is 3. The maximum absolute atomic E-state index is 11.9. The van der Waals surface area contributed by atoms with Crippen molar-refractivity contribution in [1.82, 2.24) is 4.57 Å². The summed E-state index contributed by atoms with van der Waals surface area (Å²) in [5.74, 6) is 1.05. The minimum atomic E-state index is 0.0247. The van der Waals surface area contributed by atoms with Crippen LogP contribution in [0.3, 0.4) is 0 Å². The monoisotopic (exact) mass is 290 g/mol. The van der Waals surface area contributed by atoms with E-state index in [1.807, 2.05) is 19.1 Å². The lowest BCUT2D eigenvalue weighted by Gasteiger charge is -2.07. The van der Waals surface area contributed by atoms with Crippen LogP contribution in [0, 0.1) is 5.92 Å². The number of para-hydroxylation sites is 1. The average molecular weight is 290 g/mol. The lowest BCUT2D eigenvalue weighted by atomic mass is 10.3. The fourth-order valence-electron chi connectivity index (χ4n) is 2.26. The first-order valence-electron chi connectivity index (χ1n) is 7.08. The summed E-state index contributed by atoms with van der Waals surface area (Å²) >= 11 is 1.56. The van der Waals surface area contributed by atoms with Crippen LogP contribution in [-0.2, 0) is 11.3 Å². The normalized spacial score (nSPS) is 15.8. The van der Waals surface area contributed by atoms with E-state index in [0.29, 0.717) is 6.61 Å². The largest absolute Gasteiger partial charge is 0.492 e. The predicted molar refractivity (Wildman–Crippen MR) is 80.0 cm³/mol. The molecule has 0 aliphatic heterocycles. The molecule has 106 valence electrons. The topological polar surface area (TPSA) is 43.6 Å². The molecular weight excluding hydrogens is 272 g/mol. The van der Waals surface area contributed by atoms with E-state index in [9.17, 15) is 4.79 Å². The molecule has 3 rings (SSSR count). The molecule has 1 saturated carbocycles. The van der Waals surface area contributed by atoms with Crippen molar-refractivity contribution in [3.05, 3.63) is 23.0 Å². The number of hydrogen-bond donors (Lipinski definition) is 0. The number of ether oxygens (including phenoxy) is 1. The number of benzene rings is 1. The third kappa shape index (κ3) is 2.38. The van der Waals surface area contributed by atoms with Crippen molar-refractivity contribution in [2.45, 2.75) is 33.2 Å².